The van der Waals surface area contributed by atoms with Gasteiger partial charge in [-0.05, 0) is 31.0 Å². The molecule has 0 aromatic heterocycles. The van der Waals surface area contributed by atoms with Crippen molar-refractivity contribution < 1.29 is 13.2 Å². The topological polar surface area (TPSA) is 72.6 Å². The molecule has 1 unspecified atom stereocenters. The van der Waals surface area contributed by atoms with Crippen LogP contribution in [0.4, 0.5) is 0 Å². The van der Waals surface area contributed by atoms with Crippen molar-refractivity contribution in [2.24, 2.45) is 5.73 Å². The van der Waals surface area contributed by atoms with Gasteiger partial charge in [-0.25, -0.2) is 8.42 Å². The molecule has 1 aliphatic heterocycles. The highest BCUT2D eigenvalue weighted by molar-refractivity contribution is 7.89. The van der Waals surface area contributed by atoms with Crippen molar-refractivity contribution >= 4 is 10.0 Å². The fourth-order valence-corrected chi connectivity index (χ4v) is 3.51. The van der Waals surface area contributed by atoms with E-state index in [0.717, 1.165) is 12.0 Å². The van der Waals surface area contributed by atoms with Gasteiger partial charge in [0.2, 0.25) is 10.0 Å². The Morgan fingerprint density at radius 1 is 1.26 bits per heavy atom. The van der Waals surface area contributed by atoms with Crippen molar-refractivity contribution in [3.05, 3.63) is 29.8 Å². The summed E-state index contributed by atoms with van der Waals surface area (Å²) in [4.78, 5) is 0.336. The minimum Gasteiger partial charge on any atom is -0.379 e. The Kier molecular flexibility index (Phi) is 4.57. The second kappa shape index (κ2) is 6.00. The van der Waals surface area contributed by atoms with Gasteiger partial charge in [-0.3, -0.25) is 0 Å². The molecule has 0 saturated carbocycles. The van der Waals surface area contributed by atoms with Gasteiger partial charge in [0.15, 0.2) is 0 Å². The molecule has 1 aromatic rings. The van der Waals surface area contributed by atoms with E-state index in [4.69, 9.17) is 10.5 Å². The first-order valence-corrected chi connectivity index (χ1v) is 7.86. The number of hydrogen-bond donors (Lipinski definition) is 1. The predicted octanol–water partition coefficient (Wildman–Crippen LogP) is 0.597. The van der Waals surface area contributed by atoms with Crippen LogP contribution < -0.4 is 5.73 Å². The highest BCUT2D eigenvalue weighted by Gasteiger charge is 2.25. The number of nitrogens with two attached hydrogens (primary N) is 1. The first-order valence-electron chi connectivity index (χ1n) is 6.42. The molecule has 1 atom stereocenters. The molecule has 0 aliphatic carbocycles. The average Bonchev–Trinajstić information content (AvgIpc) is 2.40. The molecule has 5 nitrogen and oxygen atoms in total. The number of rotatable bonds is 4. The lowest BCUT2D eigenvalue weighted by atomic mass is 10.1. The zero-order chi connectivity index (χ0) is 13.9. The molecule has 0 amide bonds. The number of sulfonamides is 1. The summed E-state index contributed by atoms with van der Waals surface area (Å²) < 4.78 is 31.4. The van der Waals surface area contributed by atoms with Gasteiger partial charge in [0.1, 0.15) is 0 Å². The highest BCUT2D eigenvalue weighted by atomic mass is 32.2. The van der Waals surface area contributed by atoms with Gasteiger partial charge in [-0.2, -0.15) is 4.31 Å². The van der Waals surface area contributed by atoms with E-state index in [0.29, 0.717) is 31.2 Å². The molecule has 1 saturated heterocycles. The Morgan fingerprint density at radius 2 is 1.84 bits per heavy atom. The number of hydrogen-bond acceptors (Lipinski definition) is 4. The molecule has 1 aliphatic rings. The fourth-order valence-electron chi connectivity index (χ4n) is 2.11. The van der Waals surface area contributed by atoms with Crippen LogP contribution in [-0.2, 0) is 21.2 Å². The van der Waals surface area contributed by atoms with Crippen molar-refractivity contribution in [2.75, 3.05) is 26.3 Å². The van der Waals surface area contributed by atoms with E-state index in [1.807, 2.05) is 19.1 Å². The van der Waals surface area contributed by atoms with Crippen molar-refractivity contribution in [3.8, 4) is 0 Å². The van der Waals surface area contributed by atoms with Crippen LogP contribution >= 0.6 is 0 Å². The van der Waals surface area contributed by atoms with E-state index in [-0.39, 0.29) is 6.04 Å². The Balaban J connectivity index is 2.16. The summed E-state index contributed by atoms with van der Waals surface area (Å²) in [6, 6.07) is 7.04. The molecule has 0 bridgehead atoms. The number of benzene rings is 1. The minimum absolute atomic E-state index is 0.0710. The van der Waals surface area contributed by atoms with E-state index in [9.17, 15) is 8.42 Å². The van der Waals surface area contributed by atoms with E-state index in [1.165, 1.54) is 4.31 Å². The molecule has 2 N–H and O–H groups in total. The smallest absolute Gasteiger partial charge is 0.243 e. The van der Waals surface area contributed by atoms with Crippen LogP contribution in [0.5, 0.6) is 0 Å². The third kappa shape index (κ3) is 3.54. The maximum Gasteiger partial charge on any atom is 0.243 e. The highest BCUT2D eigenvalue weighted by Crippen LogP contribution is 2.18. The lowest BCUT2D eigenvalue weighted by molar-refractivity contribution is 0.0730. The maximum atomic E-state index is 12.4. The van der Waals surface area contributed by atoms with Crippen LogP contribution in [0, 0.1) is 0 Å². The van der Waals surface area contributed by atoms with Gasteiger partial charge in [-0.1, -0.05) is 12.1 Å². The van der Waals surface area contributed by atoms with E-state index >= 15 is 0 Å². The Bertz CT molecular complexity index is 505. The van der Waals surface area contributed by atoms with Crippen LogP contribution in [0.15, 0.2) is 29.2 Å². The van der Waals surface area contributed by atoms with Crippen LogP contribution in [0.2, 0.25) is 0 Å². The number of nitrogens with zero attached hydrogens (tertiary/aromatic N) is 1. The quantitative estimate of drug-likeness (QED) is 0.878. The SMILES string of the molecule is CC(N)Cc1ccc(S(=O)(=O)N2CCOCC2)cc1. The van der Waals surface area contributed by atoms with Gasteiger partial charge in [0.05, 0.1) is 18.1 Å². The lowest BCUT2D eigenvalue weighted by Gasteiger charge is -2.26. The molecular weight excluding hydrogens is 264 g/mol. The van der Waals surface area contributed by atoms with Crippen molar-refractivity contribution in [2.45, 2.75) is 24.3 Å². The summed E-state index contributed by atoms with van der Waals surface area (Å²) >= 11 is 0. The normalized spacial score (nSPS) is 19.3. The van der Waals surface area contributed by atoms with Gasteiger partial charge >= 0.3 is 0 Å². The van der Waals surface area contributed by atoms with Gasteiger partial charge < -0.3 is 10.5 Å². The third-order valence-electron chi connectivity index (χ3n) is 3.09. The molecule has 0 spiro atoms. The third-order valence-corrected chi connectivity index (χ3v) is 5.00. The molecule has 19 heavy (non-hydrogen) atoms. The van der Waals surface area contributed by atoms with Crippen LogP contribution in [0.1, 0.15) is 12.5 Å². The van der Waals surface area contributed by atoms with Gasteiger partial charge in [0.25, 0.3) is 0 Å². The predicted molar refractivity (Wildman–Crippen MR) is 73.4 cm³/mol. The second-order valence-electron chi connectivity index (χ2n) is 4.84. The Hall–Kier alpha value is -0.950. The van der Waals surface area contributed by atoms with Crippen LogP contribution in [0.25, 0.3) is 0 Å². The van der Waals surface area contributed by atoms with Gasteiger partial charge in [0, 0.05) is 19.1 Å². The second-order valence-corrected chi connectivity index (χ2v) is 6.78. The summed E-state index contributed by atoms with van der Waals surface area (Å²) in [5.41, 5.74) is 6.78. The molecular formula is C13H20N2O3S. The lowest BCUT2D eigenvalue weighted by Crippen LogP contribution is -2.40. The molecule has 1 aromatic carbocycles. The van der Waals surface area contributed by atoms with E-state index < -0.39 is 10.0 Å². The summed E-state index contributed by atoms with van der Waals surface area (Å²) in [5, 5.41) is 0. The van der Waals surface area contributed by atoms with Crippen LogP contribution in [-0.4, -0.2) is 45.1 Å². The Morgan fingerprint density at radius 3 is 2.37 bits per heavy atom. The molecule has 6 heteroatoms. The molecule has 1 heterocycles. The summed E-state index contributed by atoms with van der Waals surface area (Å²) in [5.74, 6) is 0. The zero-order valence-corrected chi connectivity index (χ0v) is 11.9. The summed E-state index contributed by atoms with van der Waals surface area (Å²) in [6.45, 7) is 3.69. The molecule has 2 rings (SSSR count). The van der Waals surface area contributed by atoms with Gasteiger partial charge in [-0.15, -0.1) is 0 Å². The Labute approximate surface area is 114 Å². The standard InChI is InChI=1S/C13H20N2O3S/c1-11(14)10-12-2-4-13(5-3-12)19(16,17)15-6-8-18-9-7-15/h2-5,11H,6-10,14H2,1H3. The largest absolute Gasteiger partial charge is 0.379 e. The fraction of sp³-hybridized carbons (Fsp3) is 0.538. The summed E-state index contributed by atoms with van der Waals surface area (Å²) in [7, 11) is -3.39. The van der Waals surface area contributed by atoms with Crippen molar-refractivity contribution in [1.82, 2.24) is 4.31 Å². The first-order chi connectivity index (χ1) is 9.00. The monoisotopic (exact) mass is 284 g/mol. The molecule has 106 valence electrons. The van der Waals surface area contributed by atoms with Crippen molar-refractivity contribution in [3.63, 3.8) is 0 Å². The molecule has 0 radical (unpaired) electrons. The summed E-state index contributed by atoms with van der Waals surface area (Å²) in [6.07, 6.45) is 0.748. The number of morpholine rings is 1. The van der Waals surface area contributed by atoms with Crippen LogP contribution in [0.3, 0.4) is 0 Å². The average molecular weight is 284 g/mol. The van der Waals surface area contributed by atoms with E-state index in [2.05, 4.69) is 0 Å². The van der Waals surface area contributed by atoms with Crippen molar-refractivity contribution in [1.29, 1.82) is 0 Å². The first kappa shape index (κ1) is 14.5. The maximum absolute atomic E-state index is 12.4. The number of ether oxygens (including phenoxy) is 1. The zero-order valence-electron chi connectivity index (χ0n) is 11.1. The van der Waals surface area contributed by atoms with E-state index in [1.54, 1.807) is 12.1 Å². The molecule has 1 fully saturated rings. The minimum atomic E-state index is -3.39.